The third-order valence-corrected chi connectivity index (χ3v) is 3.46. The Balaban J connectivity index is 0.000000534. The summed E-state index contributed by atoms with van der Waals surface area (Å²) in [5, 5.41) is 18.4. The summed E-state index contributed by atoms with van der Waals surface area (Å²) in [5.74, 6) is 0. The Hall–Kier alpha value is -0.240. The van der Waals surface area contributed by atoms with Crippen molar-refractivity contribution in [3.63, 3.8) is 0 Å². The first-order valence-electron chi connectivity index (χ1n) is 6.33. The van der Waals surface area contributed by atoms with Crippen LogP contribution in [0, 0.1) is 0 Å². The quantitative estimate of drug-likeness (QED) is 0.368. The summed E-state index contributed by atoms with van der Waals surface area (Å²) in [7, 11) is -5.22. The van der Waals surface area contributed by atoms with Gasteiger partial charge in [0.1, 0.15) is 0 Å². The zero-order valence-electron chi connectivity index (χ0n) is 12.1. The van der Waals surface area contributed by atoms with Gasteiger partial charge in [-0.25, -0.2) is 4.31 Å². The van der Waals surface area contributed by atoms with Crippen LogP contribution in [0.5, 0.6) is 0 Å². The molecular formula is C12H22O8P2. The first kappa shape index (κ1) is 21.8. The number of hydrogen-bond acceptors (Lipinski definition) is 8. The minimum Gasteiger partial charge on any atom is -0.394 e. The summed E-state index contributed by atoms with van der Waals surface area (Å²) in [6.07, 6.45) is -0.143. The zero-order valence-corrected chi connectivity index (χ0v) is 13.8. The van der Waals surface area contributed by atoms with Crippen LogP contribution in [0.1, 0.15) is 12.5 Å². The molecule has 0 amide bonds. The maximum absolute atomic E-state index is 9.64. The second kappa shape index (κ2) is 13.2. The van der Waals surface area contributed by atoms with Crippen LogP contribution < -0.4 is 0 Å². The van der Waals surface area contributed by atoms with Gasteiger partial charge < -0.3 is 34.5 Å². The van der Waals surface area contributed by atoms with Crippen LogP contribution in [0.2, 0.25) is 0 Å². The van der Waals surface area contributed by atoms with Crippen molar-refractivity contribution in [3.8, 4) is 0 Å². The largest absolute Gasteiger partial charge is 0.394 e. The van der Waals surface area contributed by atoms with E-state index in [1.807, 2.05) is 30.3 Å². The van der Waals surface area contributed by atoms with Gasteiger partial charge in [-0.05, 0) is 12.5 Å². The van der Waals surface area contributed by atoms with Crippen molar-refractivity contribution in [2.24, 2.45) is 0 Å². The molecule has 8 nitrogen and oxygen atoms in total. The van der Waals surface area contributed by atoms with Gasteiger partial charge in [0.05, 0.1) is 25.4 Å². The fraction of sp³-hybridized carbons (Fsp3) is 0.500. The molecule has 1 aromatic carbocycles. The van der Waals surface area contributed by atoms with Crippen LogP contribution in [0.3, 0.4) is 0 Å². The highest BCUT2D eigenvalue weighted by Crippen LogP contribution is 2.41. The molecule has 0 fully saturated rings. The molecule has 0 aliphatic carbocycles. The molecule has 0 spiro atoms. The van der Waals surface area contributed by atoms with Crippen molar-refractivity contribution in [2.75, 3.05) is 13.2 Å². The maximum Gasteiger partial charge on any atom is 0.334 e. The summed E-state index contributed by atoms with van der Waals surface area (Å²) in [4.78, 5) is 31.3. The molecule has 128 valence electrons. The lowest BCUT2D eigenvalue weighted by Gasteiger charge is -2.14. The minimum absolute atomic E-state index is 0.0158. The van der Waals surface area contributed by atoms with Crippen LogP contribution in [0.4, 0.5) is 0 Å². The average molecular weight is 356 g/mol. The molecule has 6 N–H and O–H groups in total. The molecule has 0 heterocycles. The van der Waals surface area contributed by atoms with E-state index >= 15 is 0 Å². The predicted octanol–water partition coefficient (Wildman–Crippen LogP) is 0.413. The van der Waals surface area contributed by atoms with E-state index in [1.54, 1.807) is 6.92 Å². The Labute approximate surface area is 131 Å². The molecular weight excluding hydrogens is 334 g/mol. The molecule has 1 rings (SSSR count). The summed E-state index contributed by atoms with van der Waals surface area (Å²) in [5.41, 5.74) is 1.09. The number of aliphatic hydroxyl groups excluding tert-OH is 2. The second-order valence-electron chi connectivity index (χ2n) is 4.26. The van der Waals surface area contributed by atoms with Gasteiger partial charge in [0.15, 0.2) is 0 Å². The minimum atomic E-state index is -2.61. The van der Waals surface area contributed by atoms with E-state index in [2.05, 4.69) is 4.31 Å². The van der Waals surface area contributed by atoms with E-state index in [4.69, 9.17) is 29.4 Å². The molecule has 0 aliphatic rings. The number of aliphatic hydroxyl groups is 2. The molecule has 2 atom stereocenters. The molecule has 2 unspecified atom stereocenters. The lowest BCUT2D eigenvalue weighted by molar-refractivity contribution is -0.0228. The van der Waals surface area contributed by atoms with Gasteiger partial charge in [-0.1, -0.05) is 30.3 Å². The standard InChI is InChI=1S/C12H18O3.H4O5P2/c1-10(8-13)15-9-12(14)7-11-5-3-2-4-6-11;1-6(2)5-7(3)4/h2-6,10,12-14H,7-9H2,1H3;1-4H. The molecule has 10 heteroatoms. The van der Waals surface area contributed by atoms with Gasteiger partial charge in [-0.3, -0.25) is 0 Å². The lowest BCUT2D eigenvalue weighted by atomic mass is 10.1. The lowest BCUT2D eigenvalue weighted by Crippen LogP contribution is -2.23. The van der Waals surface area contributed by atoms with Crippen molar-refractivity contribution < 1.29 is 38.8 Å². The smallest absolute Gasteiger partial charge is 0.334 e. The average Bonchev–Trinajstić information content (AvgIpc) is 2.45. The van der Waals surface area contributed by atoms with E-state index in [9.17, 15) is 5.11 Å². The summed E-state index contributed by atoms with van der Waals surface area (Å²) in [6.45, 7) is 2.02. The summed E-state index contributed by atoms with van der Waals surface area (Å²) in [6, 6.07) is 9.77. The van der Waals surface area contributed by atoms with Crippen molar-refractivity contribution in [1.29, 1.82) is 0 Å². The summed E-state index contributed by atoms with van der Waals surface area (Å²) >= 11 is 0. The fourth-order valence-corrected chi connectivity index (χ4v) is 1.86. The Kier molecular flexibility index (Phi) is 13.1. The Bertz CT molecular complexity index is 359. The molecule has 0 aliphatic heterocycles. The van der Waals surface area contributed by atoms with Gasteiger partial charge in [-0.2, -0.15) is 0 Å². The SMILES string of the molecule is CC(CO)OCC(O)Cc1ccccc1.OP(O)OP(O)O. The Morgan fingerprint density at radius 3 is 2.00 bits per heavy atom. The monoisotopic (exact) mass is 356 g/mol. The normalized spacial score (nSPS) is 13.7. The van der Waals surface area contributed by atoms with E-state index < -0.39 is 23.3 Å². The van der Waals surface area contributed by atoms with E-state index in [-0.39, 0.29) is 19.3 Å². The number of ether oxygens (including phenoxy) is 1. The zero-order chi connectivity index (χ0) is 17.0. The highest BCUT2D eigenvalue weighted by Gasteiger charge is 2.08. The van der Waals surface area contributed by atoms with Crippen LogP contribution in [0.15, 0.2) is 30.3 Å². The highest BCUT2D eigenvalue weighted by atomic mass is 31.2. The molecule has 0 saturated carbocycles. The van der Waals surface area contributed by atoms with Crippen molar-refractivity contribution in [1.82, 2.24) is 0 Å². The van der Waals surface area contributed by atoms with Gasteiger partial charge >= 0.3 is 17.2 Å². The number of hydrogen-bond donors (Lipinski definition) is 6. The van der Waals surface area contributed by atoms with Gasteiger partial charge in [-0.15, -0.1) is 0 Å². The first-order chi connectivity index (χ1) is 10.3. The predicted molar refractivity (Wildman–Crippen MR) is 82.5 cm³/mol. The molecule has 0 radical (unpaired) electrons. The van der Waals surface area contributed by atoms with Gasteiger partial charge in [0.2, 0.25) is 0 Å². The molecule has 0 saturated heterocycles. The van der Waals surface area contributed by atoms with Gasteiger partial charge in [0, 0.05) is 6.42 Å². The van der Waals surface area contributed by atoms with Crippen LogP contribution in [0.25, 0.3) is 0 Å². The van der Waals surface area contributed by atoms with Crippen molar-refractivity contribution >= 4 is 17.2 Å². The van der Waals surface area contributed by atoms with Crippen LogP contribution in [-0.2, 0) is 15.5 Å². The van der Waals surface area contributed by atoms with Crippen molar-refractivity contribution in [2.45, 2.75) is 25.6 Å². The second-order valence-corrected chi connectivity index (χ2v) is 5.92. The Morgan fingerprint density at radius 2 is 1.59 bits per heavy atom. The fourth-order valence-electron chi connectivity index (χ4n) is 1.34. The molecule has 22 heavy (non-hydrogen) atoms. The Morgan fingerprint density at radius 1 is 1.05 bits per heavy atom. The molecule has 1 aromatic rings. The first-order valence-corrected chi connectivity index (χ1v) is 8.66. The topological polar surface area (TPSA) is 140 Å². The maximum atomic E-state index is 9.64. The van der Waals surface area contributed by atoms with Crippen LogP contribution in [-0.4, -0.2) is 55.2 Å². The third-order valence-electron chi connectivity index (χ3n) is 2.29. The number of benzene rings is 1. The molecule has 0 bridgehead atoms. The highest BCUT2D eigenvalue weighted by molar-refractivity contribution is 7.53. The van der Waals surface area contributed by atoms with E-state index in [0.29, 0.717) is 6.42 Å². The van der Waals surface area contributed by atoms with Crippen LogP contribution >= 0.6 is 17.2 Å². The van der Waals surface area contributed by atoms with E-state index in [0.717, 1.165) is 5.56 Å². The van der Waals surface area contributed by atoms with Crippen molar-refractivity contribution in [3.05, 3.63) is 35.9 Å². The number of rotatable bonds is 8. The van der Waals surface area contributed by atoms with Gasteiger partial charge in [0.25, 0.3) is 0 Å². The summed E-state index contributed by atoms with van der Waals surface area (Å²) < 4.78 is 8.83. The third kappa shape index (κ3) is 13.4. The van der Waals surface area contributed by atoms with E-state index in [1.165, 1.54) is 0 Å². The molecule has 0 aromatic heterocycles.